The molecule has 2 nitrogen and oxygen atoms in total. The van der Waals surface area contributed by atoms with Gasteiger partial charge in [-0.25, -0.2) is 0 Å². The third-order valence-corrected chi connectivity index (χ3v) is 1.33. The summed E-state index contributed by atoms with van der Waals surface area (Å²) in [5.41, 5.74) is 1.04. The van der Waals surface area contributed by atoms with Crippen molar-refractivity contribution in [2.75, 3.05) is 0 Å². The van der Waals surface area contributed by atoms with Crippen LogP contribution in [0.25, 0.3) is 0 Å². The zero-order valence-electron chi connectivity index (χ0n) is 7.49. The molecule has 0 saturated heterocycles. The Hall–Kier alpha value is 0.140. The summed E-state index contributed by atoms with van der Waals surface area (Å²) in [6.45, 7) is 1.90. The van der Waals surface area contributed by atoms with Gasteiger partial charge in [0.05, 0.1) is 6.61 Å². The second-order valence-electron chi connectivity index (χ2n) is 2.36. The Morgan fingerprint density at radius 1 is 1.33 bits per heavy atom. The van der Waals surface area contributed by atoms with E-state index in [9.17, 15) is 5.11 Å². The van der Waals surface area contributed by atoms with E-state index in [1.165, 1.54) is 6.92 Å². The second-order valence-corrected chi connectivity index (χ2v) is 2.36. The fourth-order valence-corrected chi connectivity index (χ4v) is 0.788. The molecule has 60 valence electrons. The SMILES string of the molecule is CC([O-])OCc1ccccc1.[Na+]. The average Bonchev–Trinajstić information content (AvgIpc) is 2.03. The molecule has 0 amide bonds. The molecule has 0 fully saturated rings. The number of benzene rings is 1. The first-order valence-electron chi connectivity index (χ1n) is 3.60. The molecule has 0 N–H and O–H groups in total. The summed E-state index contributed by atoms with van der Waals surface area (Å²) in [7, 11) is 0. The Kier molecular flexibility index (Phi) is 6.71. The molecule has 1 unspecified atom stereocenters. The van der Waals surface area contributed by atoms with E-state index in [4.69, 9.17) is 4.74 Å². The normalized spacial score (nSPS) is 11.8. The van der Waals surface area contributed by atoms with Gasteiger partial charge in [0.2, 0.25) is 0 Å². The van der Waals surface area contributed by atoms with Crippen molar-refractivity contribution in [2.24, 2.45) is 0 Å². The summed E-state index contributed by atoms with van der Waals surface area (Å²) < 4.78 is 4.87. The fraction of sp³-hybridized carbons (Fsp3) is 0.333. The van der Waals surface area contributed by atoms with Crippen molar-refractivity contribution >= 4 is 0 Å². The molecule has 0 bridgehead atoms. The summed E-state index contributed by atoms with van der Waals surface area (Å²) in [4.78, 5) is 0. The van der Waals surface area contributed by atoms with Crippen LogP contribution in [0.15, 0.2) is 30.3 Å². The largest absolute Gasteiger partial charge is 1.00 e. The predicted octanol–water partition coefficient (Wildman–Crippen LogP) is -2.09. The fourth-order valence-electron chi connectivity index (χ4n) is 0.788. The van der Waals surface area contributed by atoms with Gasteiger partial charge >= 0.3 is 29.6 Å². The van der Waals surface area contributed by atoms with E-state index in [0.717, 1.165) is 5.56 Å². The smallest absolute Gasteiger partial charge is 0.831 e. The molecule has 0 aromatic heterocycles. The van der Waals surface area contributed by atoms with E-state index in [2.05, 4.69) is 0 Å². The molecule has 0 radical (unpaired) electrons. The summed E-state index contributed by atoms with van der Waals surface area (Å²) in [6, 6.07) is 9.65. The molecule has 12 heavy (non-hydrogen) atoms. The molecule has 1 rings (SSSR count). The second kappa shape index (κ2) is 6.63. The molecule has 1 aromatic rings. The average molecular weight is 174 g/mol. The monoisotopic (exact) mass is 174 g/mol. The van der Waals surface area contributed by atoms with Crippen molar-refractivity contribution in [3.8, 4) is 0 Å². The van der Waals surface area contributed by atoms with E-state index in [1.54, 1.807) is 0 Å². The third kappa shape index (κ3) is 4.91. The van der Waals surface area contributed by atoms with Gasteiger partial charge < -0.3 is 9.84 Å². The first-order valence-corrected chi connectivity index (χ1v) is 3.60. The van der Waals surface area contributed by atoms with Crippen LogP contribution in [0.1, 0.15) is 12.5 Å². The number of hydrogen-bond acceptors (Lipinski definition) is 2. The summed E-state index contributed by atoms with van der Waals surface area (Å²) in [6.07, 6.45) is -0.935. The van der Waals surface area contributed by atoms with Crippen LogP contribution in [-0.4, -0.2) is 6.29 Å². The van der Waals surface area contributed by atoms with Crippen LogP contribution in [0.3, 0.4) is 0 Å². The Morgan fingerprint density at radius 3 is 2.42 bits per heavy atom. The number of hydrogen-bond donors (Lipinski definition) is 0. The minimum Gasteiger partial charge on any atom is -0.831 e. The van der Waals surface area contributed by atoms with E-state index < -0.39 is 6.29 Å². The van der Waals surface area contributed by atoms with Crippen LogP contribution in [0.4, 0.5) is 0 Å². The summed E-state index contributed by atoms with van der Waals surface area (Å²) in [5, 5.41) is 10.5. The molecule has 3 heteroatoms. The molecular weight excluding hydrogens is 163 g/mol. The van der Waals surface area contributed by atoms with Crippen molar-refractivity contribution in [3.63, 3.8) is 0 Å². The van der Waals surface area contributed by atoms with Crippen LogP contribution in [-0.2, 0) is 11.3 Å². The molecule has 0 aliphatic rings. The van der Waals surface area contributed by atoms with E-state index >= 15 is 0 Å². The van der Waals surface area contributed by atoms with Crippen LogP contribution < -0.4 is 34.7 Å². The standard InChI is InChI=1S/C9H11O2.Na/c1-8(10)11-7-9-5-3-2-4-6-9;/h2-6,8H,7H2,1H3;/q-1;+1. The van der Waals surface area contributed by atoms with Crippen LogP contribution in [0.2, 0.25) is 0 Å². The quantitative estimate of drug-likeness (QED) is 0.389. The Balaban J connectivity index is 0.00000121. The van der Waals surface area contributed by atoms with Gasteiger partial charge in [0.25, 0.3) is 0 Å². The third-order valence-electron chi connectivity index (χ3n) is 1.33. The van der Waals surface area contributed by atoms with Gasteiger partial charge in [-0.1, -0.05) is 37.3 Å². The minimum absolute atomic E-state index is 0. The zero-order valence-corrected chi connectivity index (χ0v) is 9.49. The van der Waals surface area contributed by atoms with Gasteiger partial charge in [-0.3, -0.25) is 0 Å². The maximum absolute atomic E-state index is 10.5. The first-order chi connectivity index (χ1) is 5.29. The zero-order chi connectivity index (χ0) is 8.10. The minimum atomic E-state index is -0.935. The van der Waals surface area contributed by atoms with E-state index in [1.807, 2.05) is 30.3 Å². The predicted molar refractivity (Wildman–Crippen MR) is 40.7 cm³/mol. The van der Waals surface area contributed by atoms with Crippen molar-refractivity contribution in [2.45, 2.75) is 19.8 Å². The van der Waals surface area contributed by atoms with E-state index in [-0.39, 0.29) is 29.6 Å². The van der Waals surface area contributed by atoms with Crippen molar-refractivity contribution in [1.82, 2.24) is 0 Å². The van der Waals surface area contributed by atoms with Crippen LogP contribution in [0, 0.1) is 0 Å². The first kappa shape index (κ1) is 12.1. The van der Waals surface area contributed by atoms with Gasteiger partial charge in [0, 0.05) is 0 Å². The molecule has 0 spiro atoms. The summed E-state index contributed by atoms with van der Waals surface area (Å²) in [5.74, 6) is 0. The maximum Gasteiger partial charge on any atom is 1.00 e. The van der Waals surface area contributed by atoms with Gasteiger partial charge in [0.15, 0.2) is 0 Å². The van der Waals surface area contributed by atoms with E-state index in [0.29, 0.717) is 6.61 Å². The van der Waals surface area contributed by atoms with Crippen LogP contribution >= 0.6 is 0 Å². The van der Waals surface area contributed by atoms with Gasteiger partial charge in [-0.2, -0.15) is 0 Å². The van der Waals surface area contributed by atoms with Crippen molar-refractivity contribution < 1.29 is 39.4 Å². The topological polar surface area (TPSA) is 32.3 Å². The molecule has 0 saturated carbocycles. The van der Waals surface area contributed by atoms with Crippen molar-refractivity contribution in [3.05, 3.63) is 35.9 Å². The molecule has 1 aromatic carbocycles. The van der Waals surface area contributed by atoms with Crippen molar-refractivity contribution in [1.29, 1.82) is 0 Å². The number of ether oxygens (including phenoxy) is 1. The molecular formula is C9H11NaO2. The van der Waals surface area contributed by atoms with Gasteiger partial charge in [-0.15, -0.1) is 0 Å². The molecule has 1 atom stereocenters. The molecule has 0 aliphatic heterocycles. The van der Waals surface area contributed by atoms with Gasteiger partial charge in [0.1, 0.15) is 0 Å². The molecule has 0 aliphatic carbocycles. The Labute approximate surface area is 94.8 Å². The molecule has 0 heterocycles. The van der Waals surface area contributed by atoms with Crippen LogP contribution in [0.5, 0.6) is 0 Å². The maximum atomic E-state index is 10.5. The summed E-state index contributed by atoms with van der Waals surface area (Å²) >= 11 is 0. The Morgan fingerprint density at radius 2 is 1.92 bits per heavy atom. The number of rotatable bonds is 3. The van der Waals surface area contributed by atoms with Gasteiger partial charge in [-0.05, 0) is 11.9 Å². The Bertz CT molecular complexity index is 199.